The van der Waals surface area contributed by atoms with Crippen LogP contribution in [0.5, 0.6) is 5.75 Å². The Morgan fingerprint density at radius 3 is 2.47 bits per heavy atom. The smallest absolute Gasteiger partial charge is 0.319 e. The highest BCUT2D eigenvalue weighted by Gasteiger charge is 2.13. The highest BCUT2D eigenvalue weighted by Crippen LogP contribution is 2.27. The minimum Gasteiger partial charge on any atom is -0.495 e. The molecule has 0 spiro atoms. The van der Waals surface area contributed by atoms with Gasteiger partial charge in [0.2, 0.25) is 0 Å². The van der Waals surface area contributed by atoms with Gasteiger partial charge < -0.3 is 15.4 Å². The average Bonchev–Trinajstić information content (AvgIpc) is 2.14. The number of ether oxygens (including phenoxy) is 1. The van der Waals surface area contributed by atoms with E-state index in [1.165, 1.54) is 0 Å². The molecule has 0 bridgehead atoms. The van der Waals surface area contributed by atoms with E-state index >= 15 is 0 Å². The van der Waals surface area contributed by atoms with Crippen molar-refractivity contribution < 1.29 is 9.53 Å². The number of urea groups is 1. The molecule has 94 valence electrons. The van der Waals surface area contributed by atoms with Gasteiger partial charge in [0.05, 0.1) is 12.1 Å². The van der Waals surface area contributed by atoms with Crippen molar-refractivity contribution >= 4 is 23.3 Å². The molecule has 4 nitrogen and oxygen atoms in total. The molecule has 2 N–H and O–H groups in total. The standard InChI is InChI=1S/C12H17ClN2O2/c1-12(2,3)15-11(16)14-8-5-6-10(17-4)9(13)7-8/h5-7H,1-4H3,(H2,14,15,16). The second-order valence-electron chi connectivity index (χ2n) is 4.68. The van der Waals surface area contributed by atoms with Gasteiger partial charge in [-0.1, -0.05) is 11.6 Å². The van der Waals surface area contributed by atoms with Crippen molar-refractivity contribution in [3.8, 4) is 5.75 Å². The van der Waals surface area contributed by atoms with Gasteiger partial charge in [0, 0.05) is 11.2 Å². The number of anilines is 1. The summed E-state index contributed by atoms with van der Waals surface area (Å²) >= 11 is 5.95. The van der Waals surface area contributed by atoms with Crippen molar-refractivity contribution in [2.75, 3.05) is 12.4 Å². The highest BCUT2D eigenvalue weighted by molar-refractivity contribution is 6.32. The number of carbonyl (C=O) groups is 1. The predicted octanol–water partition coefficient (Wildman–Crippen LogP) is 3.27. The number of halogens is 1. The summed E-state index contributed by atoms with van der Waals surface area (Å²) in [6.45, 7) is 5.73. The maximum absolute atomic E-state index is 11.6. The number of rotatable bonds is 2. The van der Waals surface area contributed by atoms with Crippen LogP contribution in [0.25, 0.3) is 0 Å². The molecule has 0 aromatic heterocycles. The minimum atomic E-state index is -0.277. The van der Waals surface area contributed by atoms with E-state index in [4.69, 9.17) is 16.3 Å². The van der Waals surface area contributed by atoms with E-state index in [1.54, 1.807) is 25.3 Å². The third kappa shape index (κ3) is 4.53. The predicted molar refractivity (Wildman–Crippen MR) is 69.9 cm³/mol. The van der Waals surface area contributed by atoms with Gasteiger partial charge in [-0.2, -0.15) is 0 Å². The molecule has 0 aliphatic heterocycles. The van der Waals surface area contributed by atoms with Gasteiger partial charge in [0.25, 0.3) is 0 Å². The first-order valence-electron chi connectivity index (χ1n) is 5.24. The van der Waals surface area contributed by atoms with Crippen LogP contribution in [0.4, 0.5) is 10.5 Å². The largest absolute Gasteiger partial charge is 0.495 e. The van der Waals surface area contributed by atoms with Crippen molar-refractivity contribution in [1.29, 1.82) is 0 Å². The molecule has 0 atom stereocenters. The van der Waals surface area contributed by atoms with Crippen LogP contribution < -0.4 is 15.4 Å². The normalized spacial score (nSPS) is 10.9. The summed E-state index contributed by atoms with van der Waals surface area (Å²) in [4.78, 5) is 11.6. The Kier molecular flexibility index (Phi) is 4.23. The lowest BCUT2D eigenvalue weighted by molar-refractivity contribution is 0.244. The van der Waals surface area contributed by atoms with Crippen LogP contribution >= 0.6 is 11.6 Å². The average molecular weight is 257 g/mol. The van der Waals surface area contributed by atoms with Crippen LogP contribution in [0.2, 0.25) is 5.02 Å². The van der Waals surface area contributed by atoms with E-state index < -0.39 is 0 Å². The fourth-order valence-corrected chi connectivity index (χ4v) is 1.50. The minimum absolute atomic E-state index is 0.265. The summed E-state index contributed by atoms with van der Waals surface area (Å²) < 4.78 is 5.03. The SMILES string of the molecule is COc1ccc(NC(=O)NC(C)(C)C)cc1Cl. The van der Waals surface area contributed by atoms with Gasteiger partial charge in [-0.15, -0.1) is 0 Å². The summed E-state index contributed by atoms with van der Waals surface area (Å²) in [5, 5.41) is 5.95. The molecule has 0 aliphatic rings. The van der Waals surface area contributed by atoms with Crippen molar-refractivity contribution in [1.82, 2.24) is 5.32 Å². The monoisotopic (exact) mass is 256 g/mol. The third-order valence-corrected chi connectivity index (χ3v) is 2.19. The number of benzene rings is 1. The van der Waals surface area contributed by atoms with Gasteiger partial charge in [0.1, 0.15) is 5.75 Å². The molecule has 0 fully saturated rings. The molecular weight excluding hydrogens is 240 g/mol. The summed E-state index contributed by atoms with van der Waals surface area (Å²) in [6.07, 6.45) is 0. The molecule has 0 saturated heterocycles. The van der Waals surface area contributed by atoms with Crippen LogP contribution in [0.1, 0.15) is 20.8 Å². The lowest BCUT2D eigenvalue weighted by Gasteiger charge is -2.20. The van der Waals surface area contributed by atoms with Gasteiger partial charge in [-0.25, -0.2) is 4.79 Å². The van der Waals surface area contributed by atoms with E-state index in [0.29, 0.717) is 16.5 Å². The maximum Gasteiger partial charge on any atom is 0.319 e. The molecule has 1 rings (SSSR count). The van der Waals surface area contributed by atoms with E-state index in [1.807, 2.05) is 20.8 Å². The van der Waals surface area contributed by atoms with Gasteiger partial charge in [-0.3, -0.25) is 0 Å². The first-order chi connectivity index (χ1) is 7.81. The summed E-state index contributed by atoms with van der Waals surface area (Å²) in [5.41, 5.74) is 0.345. The molecular formula is C12H17ClN2O2. The summed E-state index contributed by atoms with van der Waals surface area (Å²) in [5.74, 6) is 0.577. The molecule has 0 radical (unpaired) electrons. The highest BCUT2D eigenvalue weighted by atomic mass is 35.5. The van der Waals surface area contributed by atoms with Crippen molar-refractivity contribution in [3.63, 3.8) is 0 Å². The second-order valence-corrected chi connectivity index (χ2v) is 5.09. The number of carbonyl (C=O) groups excluding carboxylic acids is 1. The van der Waals surface area contributed by atoms with Crippen LogP contribution in [0.15, 0.2) is 18.2 Å². The number of amides is 2. The van der Waals surface area contributed by atoms with Crippen LogP contribution in [-0.2, 0) is 0 Å². The van der Waals surface area contributed by atoms with E-state index in [-0.39, 0.29) is 11.6 Å². The van der Waals surface area contributed by atoms with Crippen molar-refractivity contribution in [3.05, 3.63) is 23.2 Å². The maximum atomic E-state index is 11.6. The molecule has 17 heavy (non-hydrogen) atoms. The molecule has 0 saturated carbocycles. The first kappa shape index (κ1) is 13.6. The molecule has 0 aliphatic carbocycles. The fraction of sp³-hybridized carbons (Fsp3) is 0.417. The molecule has 1 aromatic rings. The van der Waals surface area contributed by atoms with E-state index in [2.05, 4.69) is 10.6 Å². The Balaban J connectivity index is 2.69. The topological polar surface area (TPSA) is 50.4 Å². The summed E-state index contributed by atoms with van der Waals surface area (Å²) in [6, 6.07) is 4.81. The Morgan fingerprint density at radius 2 is 2.00 bits per heavy atom. The molecule has 1 aromatic carbocycles. The number of hydrogen-bond acceptors (Lipinski definition) is 2. The lowest BCUT2D eigenvalue weighted by Crippen LogP contribution is -2.43. The first-order valence-corrected chi connectivity index (χ1v) is 5.62. The zero-order chi connectivity index (χ0) is 13.1. The molecule has 0 unspecified atom stereocenters. The van der Waals surface area contributed by atoms with E-state index in [9.17, 15) is 4.79 Å². The van der Waals surface area contributed by atoms with Crippen LogP contribution in [0.3, 0.4) is 0 Å². The Labute approximate surface area is 106 Å². The quantitative estimate of drug-likeness (QED) is 0.853. The Morgan fingerprint density at radius 1 is 1.35 bits per heavy atom. The Bertz CT molecular complexity index is 413. The zero-order valence-electron chi connectivity index (χ0n) is 10.4. The second kappa shape index (κ2) is 5.27. The van der Waals surface area contributed by atoms with Gasteiger partial charge in [-0.05, 0) is 39.0 Å². The number of nitrogens with one attached hydrogen (secondary N) is 2. The number of methoxy groups -OCH3 is 1. The number of hydrogen-bond donors (Lipinski definition) is 2. The van der Waals surface area contributed by atoms with E-state index in [0.717, 1.165) is 0 Å². The molecule has 2 amide bonds. The summed E-state index contributed by atoms with van der Waals surface area (Å²) in [7, 11) is 1.54. The van der Waals surface area contributed by atoms with Gasteiger partial charge >= 0.3 is 6.03 Å². The zero-order valence-corrected chi connectivity index (χ0v) is 11.2. The fourth-order valence-electron chi connectivity index (χ4n) is 1.25. The van der Waals surface area contributed by atoms with Crippen molar-refractivity contribution in [2.24, 2.45) is 0 Å². The molecule has 5 heteroatoms. The Hall–Kier alpha value is -1.42. The molecule has 0 heterocycles. The van der Waals surface area contributed by atoms with Crippen molar-refractivity contribution in [2.45, 2.75) is 26.3 Å². The van der Waals surface area contributed by atoms with Crippen LogP contribution in [0, 0.1) is 0 Å². The lowest BCUT2D eigenvalue weighted by atomic mass is 10.1. The van der Waals surface area contributed by atoms with Crippen LogP contribution in [-0.4, -0.2) is 18.7 Å². The van der Waals surface area contributed by atoms with Gasteiger partial charge in [0.15, 0.2) is 0 Å². The third-order valence-electron chi connectivity index (χ3n) is 1.90.